The summed E-state index contributed by atoms with van der Waals surface area (Å²) in [6, 6.07) is 14.4. The van der Waals surface area contributed by atoms with Gasteiger partial charge in [-0.25, -0.2) is 23.4 Å². The monoisotopic (exact) mass is 482 g/mol. The van der Waals surface area contributed by atoms with Gasteiger partial charge in [0.05, 0.1) is 12.0 Å². The van der Waals surface area contributed by atoms with Crippen LogP contribution in [0.25, 0.3) is 0 Å². The van der Waals surface area contributed by atoms with Gasteiger partial charge in [0.25, 0.3) is 10.2 Å². The highest BCUT2D eigenvalue weighted by atomic mass is 32.2. The fourth-order valence-corrected chi connectivity index (χ4v) is 5.19. The number of nitrogens with one attached hydrogen (secondary N) is 2. The molecule has 1 aliphatic carbocycles. The van der Waals surface area contributed by atoms with Crippen molar-refractivity contribution < 1.29 is 21.6 Å². The Balaban J connectivity index is 1.67. The van der Waals surface area contributed by atoms with Crippen LogP contribution in [0, 0.1) is 0 Å². The fourth-order valence-electron chi connectivity index (χ4n) is 4.19. The summed E-state index contributed by atoms with van der Waals surface area (Å²) in [7, 11) is -5.91. The van der Waals surface area contributed by atoms with Crippen molar-refractivity contribution in [1.82, 2.24) is 10.0 Å². The van der Waals surface area contributed by atoms with E-state index >= 15 is 0 Å². The molecular formula is C21H30N4O5S2. The summed E-state index contributed by atoms with van der Waals surface area (Å²) in [6.45, 7) is 0.817. The van der Waals surface area contributed by atoms with Crippen molar-refractivity contribution >= 4 is 20.2 Å². The third-order valence-corrected chi connectivity index (χ3v) is 7.56. The lowest BCUT2D eigenvalue weighted by atomic mass is 9.68. The number of rotatable bonds is 9. The molecular weight excluding hydrogens is 452 g/mol. The molecule has 9 nitrogen and oxygen atoms in total. The average molecular weight is 483 g/mol. The predicted molar refractivity (Wildman–Crippen MR) is 123 cm³/mol. The summed E-state index contributed by atoms with van der Waals surface area (Å²) in [5.41, 5.74) is 1.60. The zero-order valence-corrected chi connectivity index (χ0v) is 19.6. The molecule has 0 unspecified atom stereocenters. The van der Waals surface area contributed by atoms with E-state index in [0.29, 0.717) is 6.54 Å². The molecule has 0 aliphatic heterocycles. The maximum atomic E-state index is 11.6. The molecule has 2 aromatic rings. The van der Waals surface area contributed by atoms with Gasteiger partial charge >= 0.3 is 0 Å². The first-order valence-corrected chi connectivity index (χ1v) is 13.4. The van der Waals surface area contributed by atoms with Crippen LogP contribution >= 0.6 is 0 Å². The minimum absolute atomic E-state index is 0.0874. The first-order chi connectivity index (χ1) is 15.0. The van der Waals surface area contributed by atoms with Gasteiger partial charge in [0.1, 0.15) is 5.75 Å². The molecule has 0 atom stereocenters. The Morgan fingerprint density at radius 2 is 1.69 bits per heavy atom. The number of ether oxygens (including phenoxy) is 1. The molecule has 0 amide bonds. The van der Waals surface area contributed by atoms with Gasteiger partial charge in [0.15, 0.2) is 0 Å². The Hall–Kier alpha value is -2.02. The Bertz CT molecular complexity index is 1130. The molecule has 0 heterocycles. The summed E-state index contributed by atoms with van der Waals surface area (Å²) in [5, 5.41) is 13.9. The van der Waals surface area contributed by atoms with Gasteiger partial charge in [-0.3, -0.25) is 0 Å². The first-order valence-electron chi connectivity index (χ1n) is 10.3. The third-order valence-electron chi connectivity index (χ3n) is 6.08. The van der Waals surface area contributed by atoms with Crippen LogP contribution in [0.1, 0.15) is 36.8 Å². The highest BCUT2D eigenvalue weighted by Gasteiger charge is 2.37. The zero-order chi connectivity index (χ0) is 23.4. The molecule has 0 aromatic heterocycles. The number of sulfonamides is 1. The molecule has 32 heavy (non-hydrogen) atoms. The van der Waals surface area contributed by atoms with E-state index in [1.807, 2.05) is 24.3 Å². The van der Waals surface area contributed by atoms with Gasteiger partial charge in [-0.1, -0.05) is 24.3 Å². The molecule has 6 N–H and O–H groups in total. The first kappa shape index (κ1) is 24.6. The van der Waals surface area contributed by atoms with Crippen molar-refractivity contribution in [3.8, 4) is 5.75 Å². The van der Waals surface area contributed by atoms with Crippen LogP contribution in [-0.2, 0) is 32.2 Å². The smallest absolute Gasteiger partial charge is 0.274 e. The minimum Gasteiger partial charge on any atom is -0.497 e. The van der Waals surface area contributed by atoms with Crippen LogP contribution in [-0.4, -0.2) is 36.5 Å². The van der Waals surface area contributed by atoms with Gasteiger partial charge < -0.3 is 10.1 Å². The average Bonchev–Trinajstić information content (AvgIpc) is 2.76. The summed E-state index contributed by atoms with van der Waals surface area (Å²) < 4.78 is 53.7. The van der Waals surface area contributed by atoms with E-state index < -0.39 is 20.2 Å². The second-order valence-corrected chi connectivity index (χ2v) is 11.2. The maximum absolute atomic E-state index is 11.6. The molecule has 1 aliphatic rings. The summed E-state index contributed by atoms with van der Waals surface area (Å²) in [4.78, 5) is 0.0874. The number of hydrogen-bond donors (Lipinski definition) is 4. The van der Waals surface area contributed by atoms with E-state index in [2.05, 4.69) is 10.0 Å². The number of nitrogens with two attached hydrogens (primary N) is 2. The highest BCUT2D eigenvalue weighted by molar-refractivity contribution is 7.89. The summed E-state index contributed by atoms with van der Waals surface area (Å²) in [5.74, 6) is 0.723. The second kappa shape index (κ2) is 9.86. The second-order valence-electron chi connectivity index (χ2n) is 8.22. The normalized spacial score (nSPS) is 21.9. The van der Waals surface area contributed by atoms with Crippen LogP contribution < -0.4 is 25.1 Å². The Kier molecular flexibility index (Phi) is 7.58. The summed E-state index contributed by atoms with van der Waals surface area (Å²) >= 11 is 0. The molecule has 1 saturated carbocycles. The van der Waals surface area contributed by atoms with Crippen LogP contribution in [0.2, 0.25) is 0 Å². The van der Waals surface area contributed by atoms with Crippen LogP contribution in [0.4, 0.5) is 0 Å². The van der Waals surface area contributed by atoms with Crippen molar-refractivity contribution in [2.45, 2.75) is 48.6 Å². The van der Waals surface area contributed by atoms with Crippen molar-refractivity contribution in [3.05, 3.63) is 59.7 Å². The van der Waals surface area contributed by atoms with Gasteiger partial charge in [0, 0.05) is 24.5 Å². The molecule has 0 bridgehead atoms. The minimum atomic E-state index is -3.81. The maximum Gasteiger partial charge on any atom is 0.274 e. The van der Waals surface area contributed by atoms with E-state index in [-0.39, 0.29) is 22.9 Å². The van der Waals surface area contributed by atoms with Crippen LogP contribution in [0.15, 0.2) is 53.4 Å². The Morgan fingerprint density at radius 3 is 2.25 bits per heavy atom. The predicted octanol–water partition coefficient (Wildman–Crippen LogP) is 1.11. The quantitative estimate of drug-likeness (QED) is 0.420. The van der Waals surface area contributed by atoms with Crippen molar-refractivity contribution in [2.75, 3.05) is 13.7 Å². The van der Waals surface area contributed by atoms with Gasteiger partial charge in [-0.05, 0) is 61.1 Å². The third kappa shape index (κ3) is 6.50. The van der Waals surface area contributed by atoms with Crippen molar-refractivity contribution in [2.24, 2.45) is 10.3 Å². The number of benzene rings is 2. The Morgan fingerprint density at radius 1 is 1.03 bits per heavy atom. The van der Waals surface area contributed by atoms with Crippen LogP contribution in [0.3, 0.4) is 0 Å². The van der Waals surface area contributed by atoms with Crippen LogP contribution in [0.5, 0.6) is 5.75 Å². The SMILES string of the molecule is COc1cccc(C2(CNS(N)(=O)=O)CCC(NCc3ccc(S(N)(=O)=O)cc3)CC2)c1. The van der Waals surface area contributed by atoms with Gasteiger partial charge in [0.2, 0.25) is 10.0 Å². The standard InChI is InChI=1S/C21H30N4O5S2/c1-30-19-4-2-3-17(13-19)21(15-25-32(23,28)29)11-9-18(10-12-21)24-14-16-5-7-20(8-6-16)31(22,26)27/h2-8,13,18,24-25H,9-12,14-15H2,1H3,(H2,22,26,27)(H2,23,28,29). The lowest BCUT2D eigenvalue weighted by molar-refractivity contribution is 0.245. The highest BCUT2D eigenvalue weighted by Crippen LogP contribution is 2.40. The lowest BCUT2D eigenvalue weighted by Crippen LogP contribution is -2.47. The van der Waals surface area contributed by atoms with E-state index in [1.165, 1.54) is 12.1 Å². The van der Waals surface area contributed by atoms with Gasteiger partial charge in [-0.15, -0.1) is 0 Å². The number of methoxy groups -OCH3 is 1. The largest absolute Gasteiger partial charge is 0.497 e. The summed E-state index contributed by atoms with van der Waals surface area (Å²) in [6.07, 6.45) is 3.23. The topological polar surface area (TPSA) is 154 Å². The molecule has 3 rings (SSSR count). The van der Waals surface area contributed by atoms with Crippen molar-refractivity contribution in [3.63, 3.8) is 0 Å². The molecule has 176 valence electrons. The van der Waals surface area contributed by atoms with E-state index in [1.54, 1.807) is 19.2 Å². The lowest BCUT2D eigenvalue weighted by Gasteiger charge is -2.41. The molecule has 0 radical (unpaired) electrons. The van der Waals surface area contributed by atoms with E-state index in [9.17, 15) is 16.8 Å². The Labute approximate surface area is 189 Å². The fraction of sp³-hybridized carbons (Fsp3) is 0.429. The van der Waals surface area contributed by atoms with E-state index in [4.69, 9.17) is 15.0 Å². The van der Waals surface area contributed by atoms with Gasteiger partial charge in [-0.2, -0.15) is 8.42 Å². The van der Waals surface area contributed by atoms with Crippen molar-refractivity contribution in [1.29, 1.82) is 0 Å². The number of hydrogen-bond acceptors (Lipinski definition) is 6. The molecule has 2 aromatic carbocycles. The molecule has 0 spiro atoms. The zero-order valence-electron chi connectivity index (χ0n) is 18.0. The number of primary sulfonamides is 1. The molecule has 1 fully saturated rings. The van der Waals surface area contributed by atoms with E-state index in [0.717, 1.165) is 42.6 Å². The molecule has 11 heteroatoms. The molecule has 0 saturated heterocycles.